The number of aliphatic hydroxyl groups is 4. The minimum absolute atomic E-state index is 0.260. The number of ether oxygens (including phenoxy) is 2. The number of fused-ring (bicyclic) bond motifs is 5. The molecule has 3 fully saturated rings. The van der Waals surface area contributed by atoms with Crippen LogP contribution in [0.15, 0.2) is 18.2 Å². The van der Waals surface area contributed by atoms with E-state index in [2.05, 4.69) is 12.8 Å². The van der Waals surface area contributed by atoms with Gasteiger partial charge < -0.3 is 35.0 Å². The fourth-order valence-corrected chi connectivity index (χ4v) is 7.17. The molecule has 34 heavy (non-hydrogen) atoms. The zero-order valence-corrected chi connectivity index (χ0v) is 19.1. The van der Waals surface area contributed by atoms with Crippen molar-refractivity contribution in [3.8, 4) is 18.1 Å². The van der Waals surface area contributed by atoms with E-state index in [4.69, 9.17) is 15.9 Å². The number of hydrogen-bond donors (Lipinski definition) is 5. The van der Waals surface area contributed by atoms with Crippen LogP contribution in [0.4, 0.5) is 0 Å². The lowest BCUT2D eigenvalue weighted by Crippen LogP contribution is -2.61. The van der Waals surface area contributed by atoms with E-state index in [9.17, 15) is 30.3 Å². The van der Waals surface area contributed by atoms with E-state index in [0.717, 1.165) is 37.7 Å². The Labute approximate surface area is 198 Å². The summed E-state index contributed by atoms with van der Waals surface area (Å²) in [4.78, 5) is 11.3. The van der Waals surface area contributed by atoms with Crippen LogP contribution in [0.3, 0.4) is 0 Å². The van der Waals surface area contributed by atoms with E-state index in [-0.39, 0.29) is 5.41 Å². The smallest absolute Gasteiger partial charge is 0.335 e. The van der Waals surface area contributed by atoms with E-state index >= 15 is 0 Å². The molecule has 0 radical (unpaired) electrons. The summed E-state index contributed by atoms with van der Waals surface area (Å²) in [6.07, 6.45) is 2.78. The average molecular weight is 473 g/mol. The van der Waals surface area contributed by atoms with Crippen molar-refractivity contribution in [2.45, 2.75) is 87.7 Å². The minimum atomic E-state index is -1.76. The second-order valence-electron chi connectivity index (χ2n) is 10.6. The normalized spacial score (nSPS) is 45.4. The highest BCUT2D eigenvalue weighted by Crippen LogP contribution is 2.64. The standard InChI is InChI=1S/C26H32O8/c1-3-26(32)11-9-18-17-6-4-13-12-14(5-7-15(13)16(17)8-10-25(18,26)2)33-24-21(29)19(27)20(28)22(34-24)23(30)31/h1,5,7,12,16-22,24,27-29,32H,4,6,8-11H2,2H3,(H,30,31)/t16-,17+,18+,19+,20+,21-,22?,24-,25+,26+/m1/s1. The molecule has 1 saturated heterocycles. The first kappa shape index (κ1) is 23.6. The van der Waals surface area contributed by atoms with Gasteiger partial charge in [0.1, 0.15) is 29.7 Å². The first-order valence-electron chi connectivity index (χ1n) is 12.0. The number of aliphatic carboxylic acids is 1. The fraction of sp³-hybridized carbons (Fsp3) is 0.654. The molecule has 8 heteroatoms. The van der Waals surface area contributed by atoms with Crippen LogP contribution in [0.2, 0.25) is 0 Å². The summed E-state index contributed by atoms with van der Waals surface area (Å²) in [6, 6.07) is 5.67. The first-order chi connectivity index (χ1) is 16.1. The number of carboxylic acids is 1. The van der Waals surface area contributed by atoms with Gasteiger partial charge in [-0.2, -0.15) is 0 Å². The molecule has 1 heterocycles. The average Bonchev–Trinajstić information content (AvgIpc) is 3.10. The van der Waals surface area contributed by atoms with E-state index in [1.54, 1.807) is 6.07 Å². The zero-order chi connectivity index (χ0) is 24.4. The van der Waals surface area contributed by atoms with Gasteiger partial charge in [-0.3, -0.25) is 0 Å². The molecule has 0 aromatic heterocycles. The molecular weight excluding hydrogens is 440 g/mol. The highest BCUT2D eigenvalue weighted by atomic mass is 16.7. The monoisotopic (exact) mass is 472 g/mol. The Bertz CT molecular complexity index is 1020. The molecule has 184 valence electrons. The summed E-state index contributed by atoms with van der Waals surface area (Å²) in [5.41, 5.74) is 1.09. The highest BCUT2D eigenvalue weighted by molar-refractivity contribution is 5.73. The largest absolute Gasteiger partial charge is 0.479 e. The molecule has 1 unspecified atom stereocenters. The van der Waals surface area contributed by atoms with Gasteiger partial charge in [-0.05, 0) is 79.5 Å². The Hall–Kier alpha value is -2.15. The van der Waals surface area contributed by atoms with E-state index in [0.29, 0.717) is 29.9 Å². The summed E-state index contributed by atoms with van der Waals surface area (Å²) < 4.78 is 11.0. The van der Waals surface area contributed by atoms with Crippen molar-refractivity contribution in [1.82, 2.24) is 0 Å². The molecule has 0 amide bonds. The molecular formula is C26H32O8. The van der Waals surface area contributed by atoms with Crippen LogP contribution in [0, 0.1) is 29.6 Å². The van der Waals surface area contributed by atoms with Gasteiger partial charge in [0, 0.05) is 5.41 Å². The zero-order valence-electron chi connectivity index (χ0n) is 19.1. The highest BCUT2D eigenvalue weighted by Gasteiger charge is 2.61. The van der Waals surface area contributed by atoms with Gasteiger partial charge in [-0.25, -0.2) is 4.79 Å². The number of benzene rings is 1. The molecule has 5 rings (SSSR count). The van der Waals surface area contributed by atoms with Crippen LogP contribution >= 0.6 is 0 Å². The second kappa shape index (κ2) is 8.21. The van der Waals surface area contributed by atoms with Crippen molar-refractivity contribution in [2.24, 2.45) is 17.3 Å². The predicted octanol–water partition coefficient (Wildman–Crippen LogP) is 1.18. The van der Waals surface area contributed by atoms with Crippen molar-refractivity contribution in [2.75, 3.05) is 0 Å². The molecule has 10 atom stereocenters. The van der Waals surface area contributed by atoms with Crippen molar-refractivity contribution in [1.29, 1.82) is 0 Å². The van der Waals surface area contributed by atoms with Gasteiger partial charge in [0.25, 0.3) is 0 Å². The quantitative estimate of drug-likeness (QED) is 0.414. The summed E-state index contributed by atoms with van der Waals surface area (Å²) in [7, 11) is 0. The molecule has 4 aliphatic rings. The predicted molar refractivity (Wildman–Crippen MR) is 120 cm³/mol. The van der Waals surface area contributed by atoms with Crippen LogP contribution in [0.25, 0.3) is 0 Å². The number of rotatable bonds is 3. The molecule has 3 aliphatic carbocycles. The van der Waals surface area contributed by atoms with E-state index < -0.39 is 42.3 Å². The van der Waals surface area contributed by atoms with Gasteiger partial charge in [0.15, 0.2) is 6.10 Å². The van der Waals surface area contributed by atoms with Gasteiger partial charge in [0.05, 0.1) is 0 Å². The molecule has 8 nitrogen and oxygen atoms in total. The maximum atomic E-state index is 11.3. The lowest BCUT2D eigenvalue weighted by molar-refractivity contribution is -0.271. The fourth-order valence-electron chi connectivity index (χ4n) is 7.17. The van der Waals surface area contributed by atoms with Crippen molar-refractivity contribution >= 4 is 5.97 Å². The van der Waals surface area contributed by atoms with Gasteiger partial charge in [0.2, 0.25) is 6.29 Å². The SMILES string of the molecule is C#C[C@]1(O)CC[C@H]2[C@H]3CCc4cc(O[C@@H]5OC(C(=O)O)[C@@H](O)[C@H](O)[C@H]5O)ccc4[C@H]3CC[C@@]21C. The summed E-state index contributed by atoms with van der Waals surface area (Å²) in [6.45, 7) is 2.15. The molecule has 1 aromatic rings. The lowest BCUT2D eigenvalue weighted by atomic mass is 9.53. The van der Waals surface area contributed by atoms with E-state index in [1.807, 2.05) is 12.1 Å². The number of hydrogen-bond acceptors (Lipinski definition) is 7. The number of carbonyl (C=O) groups is 1. The topological polar surface area (TPSA) is 137 Å². The summed E-state index contributed by atoms with van der Waals surface area (Å²) in [5, 5.41) is 50.5. The molecule has 2 saturated carbocycles. The summed E-state index contributed by atoms with van der Waals surface area (Å²) in [5.74, 6) is 2.86. The lowest BCUT2D eigenvalue weighted by Gasteiger charge is -2.52. The molecule has 1 aliphatic heterocycles. The van der Waals surface area contributed by atoms with Gasteiger partial charge >= 0.3 is 5.97 Å². The first-order valence-corrected chi connectivity index (χ1v) is 12.0. The minimum Gasteiger partial charge on any atom is -0.479 e. The van der Waals surface area contributed by atoms with Crippen LogP contribution in [-0.2, 0) is 16.0 Å². The molecule has 0 spiro atoms. The molecule has 1 aromatic carbocycles. The summed E-state index contributed by atoms with van der Waals surface area (Å²) >= 11 is 0. The van der Waals surface area contributed by atoms with Crippen LogP contribution in [-0.4, -0.2) is 67.8 Å². The Balaban J connectivity index is 1.35. The Morgan fingerprint density at radius 1 is 1.15 bits per heavy atom. The molecule has 5 N–H and O–H groups in total. The van der Waals surface area contributed by atoms with Gasteiger partial charge in [-0.1, -0.05) is 18.9 Å². The van der Waals surface area contributed by atoms with E-state index in [1.165, 1.54) is 5.56 Å². The van der Waals surface area contributed by atoms with Crippen molar-refractivity contribution < 1.29 is 39.8 Å². The van der Waals surface area contributed by atoms with Crippen LogP contribution < -0.4 is 4.74 Å². The second-order valence-corrected chi connectivity index (χ2v) is 10.6. The Morgan fingerprint density at radius 3 is 2.62 bits per heavy atom. The number of carboxylic acid groups (broad SMARTS) is 1. The molecule has 0 bridgehead atoms. The number of aryl methyl sites for hydroxylation is 1. The van der Waals surface area contributed by atoms with Crippen molar-refractivity contribution in [3.63, 3.8) is 0 Å². The number of terminal acetylenes is 1. The third kappa shape index (κ3) is 3.37. The Morgan fingerprint density at radius 2 is 1.91 bits per heavy atom. The third-order valence-electron chi connectivity index (χ3n) is 9.15. The maximum absolute atomic E-state index is 11.3. The third-order valence-corrected chi connectivity index (χ3v) is 9.15. The van der Waals surface area contributed by atoms with Crippen LogP contribution in [0.1, 0.15) is 56.1 Å². The van der Waals surface area contributed by atoms with Crippen LogP contribution in [0.5, 0.6) is 5.75 Å². The van der Waals surface area contributed by atoms with Crippen molar-refractivity contribution in [3.05, 3.63) is 29.3 Å². The maximum Gasteiger partial charge on any atom is 0.335 e. The Kier molecular flexibility index (Phi) is 5.70. The number of aliphatic hydroxyl groups excluding tert-OH is 3. The van der Waals surface area contributed by atoms with Gasteiger partial charge in [-0.15, -0.1) is 6.42 Å².